The lowest BCUT2D eigenvalue weighted by atomic mass is 9.75. The highest BCUT2D eigenvalue weighted by Crippen LogP contribution is 2.44. The molecule has 1 saturated carbocycles. The Bertz CT molecular complexity index is 885. The van der Waals surface area contributed by atoms with Gasteiger partial charge >= 0.3 is 13.1 Å². The first-order chi connectivity index (χ1) is 14.5. The van der Waals surface area contributed by atoms with Crippen molar-refractivity contribution in [2.45, 2.75) is 95.6 Å². The van der Waals surface area contributed by atoms with Crippen LogP contribution in [0.15, 0.2) is 6.07 Å². The fourth-order valence-corrected chi connectivity index (χ4v) is 4.34. The molecule has 2 atom stereocenters. The van der Waals surface area contributed by atoms with Crippen molar-refractivity contribution in [3.8, 4) is 0 Å². The van der Waals surface area contributed by atoms with Gasteiger partial charge in [0.05, 0.1) is 23.7 Å². The smallest absolute Gasteiger partial charge is 0.497 e. The number of halogens is 2. The van der Waals surface area contributed by atoms with Gasteiger partial charge in [-0.25, -0.2) is 8.78 Å². The molecule has 3 rings (SSSR count). The zero-order chi connectivity index (χ0) is 24.2. The molecule has 1 saturated heterocycles. The molecule has 2 aliphatic rings. The van der Waals surface area contributed by atoms with Crippen LogP contribution in [0.2, 0.25) is 0 Å². The Kier molecular flexibility index (Phi) is 6.79. The van der Waals surface area contributed by atoms with Crippen molar-refractivity contribution < 1.29 is 32.5 Å². The van der Waals surface area contributed by atoms with E-state index in [-0.39, 0.29) is 11.4 Å². The lowest BCUT2D eigenvalue weighted by Gasteiger charge is -2.32. The van der Waals surface area contributed by atoms with Crippen LogP contribution in [0.1, 0.15) is 90.8 Å². The van der Waals surface area contributed by atoms with Crippen LogP contribution in [0.3, 0.4) is 0 Å². The minimum absolute atomic E-state index is 0.0284. The number of rotatable bonds is 7. The molecule has 1 aliphatic heterocycles. The van der Waals surface area contributed by atoms with Gasteiger partial charge in [-0.15, -0.1) is 4.72 Å². The largest absolute Gasteiger partial charge is 0.598 e. The second-order valence-corrected chi connectivity index (χ2v) is 12.6. The van der Waals surface area contributed by atoms with E-state index < -0.39 is 70.1 Å². The van der Waals surface area contributed by atoms with Crippen molar-refractivity contribution in [2.75, 3.05) is 0 Å². The zero-order valence-electron chi connectivity index (χ0n) is 19.7. The quantitative estimate of drug-likeness (QED) is 0.466. The number of benzene rings is 1. The highest BCUT2D eigenvalue weighted by atomic mass is 32.2. The highest BCUT2D eigenvalue weighted by Gasteiger charge is 2.53. The first-order valence-electron chi connectivity index (χ1n) is 10.8. The number of carboxylic acid groups (broad SMARTS) is 1. The Morgan fingerprint density at radius 2 is 1.78 bits per heavy atom. The van der Waals surface area contributed by atoms with Gasteiger partial charge in [0.25, 0.3) is 0 Å². The number of aliphatic carboxylic acids is 1. The molecule has 2 N–H and O–H groups in total. The van der Waals surface area contributed by atoms with E-state index in [4.69, 9.17) is 9.31 Å². The number of hydrogen-bond acceptors (Lipinski definition) is 5. The Balaban J connectivity index is 2.12. The van der Waals surface area contributed by atoms with Gasteiger partial charge in [0.1, 0.15) is 16.4 Å². The average Bonchev–Trinajstić information content (AvgIpc) is 3.41. The molecule has 0 amide bonds. The summed E-state index contributed by atoms with van der Waals surface area (Å²) in [6.45, 7) is 12.4. The third-order valence-electron chi connectivity index (χ3n) is 6.35. The molecule has 1 aliphatic carbocycles. The van der Waals surface area contributed by atoms with Crippen LogP contribution in [0.5, 0.6) is 0 Å². The van der Waals surface area contributed by atoms with Crippen molar-refractivity contribution in [2.24, 2.45) is 0 Å². The average molecular weight is 471 g/mol. The van der Waals surface area contributed by atoms with Gasteiger partial charge in [-0.1, -0.05) is 6.07 Å². The second kappa shape index (κ2) is 8.54. The maximum absolute atomic E-state index is 15.9. The van der Waals surface area contributed by atoms with E-state index in [0.717, 1.165) is 12.8 Å². The number of carbonyl (C=O) groups is 1. The number of hydrogen-bond donors (Lipinski definition) is 2. The van der Waals surface area contributed by atoms with Crippen LogP contribution < -0.4 is 10.2 Å². The monoisotopic (exact) mass is 471 g/mol. The summed E-state index contributed by atoms with van der Waals surface area (Å²) in [7, 11) is -1.07. The summed E-state index contributed by atoms with van der Waals surface area (Å²) in [5.41, 5.74) is -1.56. The third-order valence-corrected chi connectivity index (χ3v) is 7.96. The van der Waals surface area contributed by atoms with E-state index in [0.29, 0.717) is 5.56 Å². The van der Waals surface area contributed by atoms with E-state index in [1.165, 1.54) is 6.07 Å². The van der Waals surface area contributed by atoms with Crippen molar-refractivity contribution >= 4 is 29.9 Å². The first kappa shape index (κ1) is 25.4. The van der Waals surface area contributed by atoms with Crippen LogP contribution >= 0.6 is 0 Å². The topological polar surface area (TPSA) is 90.9 Å². The highest BCUT2D eigenvalue weighted by molar-refractivity contribution is 7.90. The summed E-state index contributed by atoms with van der Waals surface area (Å²) in [5.74, 6) is -3.07. The molecule has 1 heterocycles. The van der Waals surface area contributed by atoms with Crippen LogP contribution in [0, 0.1) is 11.6 Å². The predicted molar refractivity (Wildman–Crippen MR) is 120 cm³/mol. The number of nitrogens with one attached hydrogen (secondary N) is 1. The van der Waals surface area contributed by atoms with Gasteiger partial charge in [-0.3, -0.25) is 4.79 Å². The van der Waals surface area contributed by atoms with E-state index in [1.807, 2.05) is 27.7 Å². The maximum Gasteiger partial charge on any atom is 0.497 e. The Labute approximate surface area is 191 Å². The third kappa shape index (κ3) is 4.99. The van der Waals surface area contributed by atoms with Crippen LogP contribution in [0.25, 0.3) is 0 Å². The second-order valence-electron chi connectivity index (χ2n) is 10.6. The van der Waals surface area contributed by atoms with Crippen LogP contribution in [0.4, 0.5) is 8.78 Å². The van der Waals surface area contributed by atoms with Crippen molar-refractivity contribution in [1.82, 2.24) is 4.72 Å². The minimum atomic E-state index is -1.75. The van der Waals surface area contributed by atoms with Gasteiger partial charge in [0.15, 0.2) is 0 Å². The van der Waals surface area contributed by atoms with E-state index in [9.17, 15) is 14.5 Å². The molecule has 2 unspecified atom stereocenters. The molecular weight excluding hydrogens is 439 g/mol. The Morgan fingerprint density at radius 1 is 1.25 bits per heavy atom. The molecule has 178 valence electrons. The van der Waals surface area contributed by atoms with Crippen molar-refractivity contribution in [3.63, 3.8) is 0 Å². The summed E-state index contributed by atoms with van der Waals surface area (Å²) >= 11 is -1.75. The van der Waals surface area contributed by atoms with Crippen molar-refractivity contribution in [1.29, 1.82) is 0 Å². The maximum atomic E-state index is 15.9. The van der Waals surface area contributed by atoms with Gasteiger partial charge in [-0.05, 0) is 72.8 Å². The molecule has 2 fully saturated rings. The molecule has 0 radical (unpaired) electrons. The first-order valence-corrected chi connectivity index (χ1v) is 12.0. The van der Waals surface area contributed by atoms with E-state index >= 15 is 8.78 Å². The zero-order valence-corrected chi connectivity index (χ0v) is 20.5. The fourth-order valence-electron chi connectivity index (χ4n) is 3.52. The molecule has 32 heavy (non-hydrogen) atoms. The van der Waals surface area contributed by atoms with Gasteiger partial charge in [0.2, 0.25) is 0 Å². The summed E-state index contributed by atoms with van der Waals surface area (Å²) in [6.07, 6.45) is 0.887. The molecule has 1 aromatic carbocycles. The molecule has 0 spiro atoms. The molecule has 1 aromatic rings. The van der Waals surface area contributed by atoms with Crippen molar-refractivity contribution in [3.05, 3.63) is 28.8 Å². The van der Waals surface area contributed by atoms with Gasteiger partial charge in [0, 0.05) is 22.4 Å². The normalized spacial score (nSPS) is 22.1. The van der Waals surface area contributed by atoms with Crippen LogP contribution in [-0.4, -0.2) is 38.7 Å². The number of carboxylic acids is 1. The lowest BCUT2D eigenvalue weighted by Crippen LogP contribution is -2.44. The summed E-state index contributed by atoms with van der Waals surface area (Å²) in [6, 6.07) is 0.111. The summed E-state index contributed by atoms with van der Waals surface area (Å²) in [5, 5.41) is 9.42. The Morgan fingerprint density at radius 3 is 2.22 bits per heavy atom. The molecular formula is C22H32BF2NO5S. The fraction of sp³-hybridized carbons (Fsp3) is 0.682. The van der Waals surface area contributed by atoms with Gasteiger partial charge < -0.3 is 19.0 Å². The molecule has 10 heteroatoms. The molecule has 6 nitrogen and oxygen atoms in total. The standard InChI is InChI=1S/C22H32BF2NO5S/c1-20(2,3)32(29)26-15(11-16(27)28)17-18(24)13(12-8-9-12)10-14(19(17)25)23-30-21(4,5)22(6,7)31-23/h10,12,15,26H,8-9,11H2,1-7H3,(H,27,28). The SMILES string of the molecule is CC(C)(C)[S+]([O-])NC(CC(=O)O)c1c(F)c(B2OC(C)(C)C(C)(C)O2)cc(C2CC2)c1F. The lowest BCUT2D eigenvalue weighted by molar-refractivity contribution is -0.137. The molecule has 0 bridgehead atoms. The molecule has 0 aromatic heterocycles. The van der Waals surface area contributed by atoms with E-state index in [1.54, 1.807) is 20.8 Å². The van der Waals surface area contributed by atoms with Gasteiger partial charge in [-0.2, -0.15) is 0 Å². The summed E-state index contributed by atoms with van der Waals surface area (Å²) in [4.78, 5) is 11.5. The van der Waals surface area contributed by atoms with E-state index in [2.05, 4.69) is 4.72 Å². The minimum Gasteiger partial charge on any atom is -0.598 e. The summed E-state index contributed by atoms with van der Waals surface area (Å²) < 4.78 is 58.1. The Hall–Kier alpha value is -1.20. The predicted octanol–water partition coefficient (Wildman–Crippen LogP) is 3.71. The van der Waals surface area contributed by atoms with Crippen LogP contribution in [-0.2, 0) is 25.5 Å².